The van der Waals surface area contributed by atoms with Gasteiger partial charge in [0.25, 0.3) is 0 Å². The monoisotopic (exact) mass is 370 g/mol. The molecule has 0 aromatic carbocycles. The molecule has 0 aliphatic carbocycles. The van der Waals surface area contributed by atoms with Crippen LogP contribution in [0.3, 0.4) is 0 Å². The van der Waals surface area contributed by atoms with E-state index >= 15 is 0 Å². The summed E-state index contributed by atoms with van der Waals surface area (Å²) in [6.07, 6.45) is 13.5. The zero-order chi connectivity index (χ0) is 18.3. The van der Waals surface area contributed by atoms with Crippen LogP contribution in [0.5, 0.6) is 0 Å². The maximum Gasteiger partial charge on any atom is 0.158 e. The Morgan fingerprint density at radius 3 is 2.65 bits per heavy atom. The first-order chi connectivity index (χ1) is 12.9. The van der Waals surface area contributed by atoms with Crippen LogP contribution in [0, 0.1) is 0 Å². The molecule has 2 heterocycles. The van der Waals surface area contributed by atoms with Crippen LogP contribution in [0.15, 0.2) is 12.7 Å². The third-order valence-electron chi connectivity index (χ3n) is 4.80. The van der Waals surface area contributed by atoms with E-state index in [4.69, 9.17) is 23.7 Å². The SMILES string of the molecule is C=CCCOCCCCCCC(COCCC1CO1)OC1CCCCO1. The Hall–Kier alpha value is -0.460. The van der Waals surface area contributed by atoms with Gasteiger partial charge < -0.3 is 23.7 Å². The average molecular weight is 371 g/mol. The van der Waals surface area contributed by atoms with E-state index in [1.54, 1.807) is 0 Å². The number of unbranched alkanes of at least 4 members (excludes halogenated alkanes) is 3. The van der Waals surface area contributed by atoms with E-state index in [1.165, 1.54) is 25.7 Å². The summed E-state index contributed by atoms with van der Waals surface area (Å²) in [7, 11) is 0. The summed E-state index contributed by atoms with van der Waals surface area (Å²) in [6, 6.07) is 0. The zero-order valence-corrected chi connectivity index (χ0v) is 16.4. The Labute approximate surface area is 159 Å². The summed E-state index contributed by atoms with van der Waals surface area (Å²) in [5, 5.41) is 0. The van der Waals surface area contributed by atoms with Crippen molar-refractivity contribution in [1.82, 2.24) is 0 Å². The van der Waals surface area contributed by atoms with Gasteiger partial charge in [-0.3, -0.25) is 0 Å². The summed E-state index contributed by atoms with van der Waals surface area (Å²) in [5.41, 5.74) is 0. The predicted octanol–water partition coefficient (Wildman–Crippen LogP) is 4.25. The summed E-state index contributed by atoms with van der Waals surface area (Å²) in [6.45, 7) is 8.50. The lowest BCUT2D eigenvalue weighted by molar-refractivity contribution is -0.199. The van der Waals surface area contributed by atoms with Crippen molar-refractivity contribution >= 4 is 0 Å². The predicted molar refractivity (Wildman–Crippen MR) is 102 cm³/mol. The number of ether oxygens (including phenoxy) is 5. The molecule has 0 saturated carbocycles. The second-order valence-corrected chi connectivity index (χ2v) is 7.27. The zero-order valence-electron chi connectivity index (χ0n) is 16.4. The van der Waals surface area contributed by atoms with Crippen LogP contribution in [0.25, 0.3) is 0 Å². The van der Waals surface area contributed by atoms with Crippen molar-refractivity contribution in [1.29, 1.82) is 0 Å². The Balaban J connectivity index is 1.52. The minimum absolute atomic E-state index is 0.0395. The maximum atomic E-state index is 6.17. The fraction of sp³-hybridized carbons (Fsp3) is 0.905. The van der Waals surface area contributed by atoms with Crippen LogP contribution in [0.2, 0.25) is 0 Å². The topological polar surface area (TPSA) is 49.5 Å². The summed E-state index contributed by atoms with van der Waals surface area (Å²) in [5.74, 6) is 0. The van der Waals surface area contributed by atoms with Crippen molar-refractivity contribution < 1.29 is 23.7 Å². The van der Waals surface area contributed by atoms with Gasteiger partial charge in [0, 0.05) is 26.4 Å². The smallest absolute Gasteiger partial charge is 0.158 e. The molecule has 0 N–H and O–H groups in total. The van der Waals surface area contributed by atoms with Crippen LogP contribution in [-0.2, 0) is 23.7 Å². The fourth-order valence-corrected chi connectivity index (χ4v) is 3.09. The van der Waals surface area contributed by atoms with Crippen molar-refractivity contribution in [2.75, 3.05) is 39.6 Å². The van der Waals surface area contributed by atoms with Crippen LogP contribution < -0.4 is 0 Å². The van der Waals surface area contributed by atoms with Crippen molar-refractivity contribution in [3.8, 4) is 0 Å². The molecular formula is C21H38O5. The molecule has 0 aromatic heterocycles. The van der Waals surface area contributed by atoms with Crippen molar-refractivity contribution in [3.05, 3.63) is 12.7 Å². The highest BCUT2D eigenvalue weighted by molar-refractivity contribution is 4.68. The van der Waals surface area contributed by atoms with Gasteiger partial charge >= 0.3 is 0 Å². The van der Waals surface area contributed by atoms with Crippen LogP contribution in [-0.4, -0.2) is 58.1 Å². The normalized spacial score (nSPS) is 23.7. The summed E-state index contributed by atoms with van der Waals surface area (Å²) in [4.78, 5) is 0. The summed E-state index contributed by atoms with van der Waals surface area (Å²) < 4.78 is 28.5. The van der Waals surface area contributed by atoms with Crippen LogP contribution in [0.4, 0.5) is 0 Å². The van der Waals surface area contributed by atoms with E-state index in [1.807, 2.05) is 6.08 Å². The van der Waals surface area contributed by atoms with Crippen molar-refractivity contribution in [2.45, 2.75) is 82.7 Å². The molecule has 0 amide bonds. The van der Waals surface area contributed by atoms with Crippen LogP contribution in [0.1, 0.15) is 64.2 Å². The lowest BCUT2D eigenvalue weighted by atomic mass is 10.1. The number of epoxide rings is 1. The quantitative estimate of drug-likeness (QED) is 0.218. The molecular weight excluding hydrogens is 332 g/mol. The van der Waals surface area contributed by atoms with Gasteiger partial charge in [-0.25, -0.2) is 0 Å². The van der Waals surface area contributed by atoms with E-state index in [0.29, 0.717) is 12.7 Å². The molecule has 5 heteroatoms. The maximum absolute atomic E-state index is 6.17. The summed E-state index contributed by atoms with van der Waals surface area (Å²) >= 11 is 0. The van der Waals surface area contributed by atoms with E-state index in [-0.39, 0.29) is 12.4 Å². The molecule has 5 nitrogen and oxygen atoms in total. The Kier molecular flexibility index (Phi) is 12.2. The number of hydrogen-bond acceptors (Lipinski definition) is 5. The third kappa shape index (κ3) is 11.3. The average Bonchev–Trinajstić information content (AvgIpc) is 3.49. The van der Waals surface area contributed by atoms with Crippen LogP contribution >= 0.6 is 0 Å². The molecule has 2 saturated heterocycles. The Morgan fingerprint density at radius 2 is 1.88 bits per heavy atom. The molecule has 152 valence electrons. The first kappa shape index (κ1) is 21.8. The van der Waals surface area contributed by atoms with Gasteiger partial charge in [0.2, 0.25) is 0 Å². The van der Waals surface area contributed by atoms with E-state index in [2.05, 4.69) is 6.58 Å². The molecule has 0 radical (unpaired) electrons. The van der Waals surface area contributed by atoms with Gasteiger partial charge in [0.15, 0.2) is 6.29 Å². The number of hydrogen-bond donors (Lipinski definition) is 0. The highest BCUT2D eigenvalue weighted by atomic mass is 16.7. The molecule has 26 heavy (non-hydrogen) atoms. The third-order valence-corrected chi connectivity index (χ3v) is 4.80. The minimum Gasteiger partial charge on any atom is -0.381 e. The second kappa shape index (κ2) is 14.6. The van der Waals surface area contributed by atoms with Crippen molar-refractivity contribution in [2.24, 2.45) is 0 Å². The Bertz CT molecular complexity index is 339. The Morgan fingerprint density at radius 1 is 1.00 bits per heavy atom. The largest absolute Gasteiger partial charge is 0.381 e. The van der Waals surface area contributed by atoms with Gasteiger partial charge in [-0.2, -0.15) is 0 Å². The van der Waals surface area contributed by atoms with Gasteiger partial charge in [-0.1, -0.05) is 25.3 Å². The molecule has 3 atom stereocenters. The molecule has 2 aliphatic rings. The van der Waals surface area contributed by atoms with Gasteiger partial charge in [0.1, 0.15) is 0 Å². The number of rotatable bonds is 17. The highest BCUT2D eigenvalue weighted by Crippen LogP contribution is 2.19. The minimum atomic E-state index is -0.0395. The highest BCUT2D eigenvalue weighted by Gasteiger charge is 2.23. The van der Waals surface area contributed by atoms with Gasteiger partial charge in [0.05, 0.1) is 25.4 Å². The molecule has 0 spiro atoms. The molecule has 3 unspecified atom stereocenters. The molecule has 0 bridgehead atoms. The second-order valence-electron chi connectivity index (χ2n) is 7.27. The standard InChI is InChI=1S/C21H38O5/c1-2-3-13-22-14-8-5-4-6-10-20(17-23-16-12-19-18-25-19)26-21-11-7-9-15-24-21/h2,19-21H,1,3-18H2. The van der Waals surface area contributed by atoms with Gasteiger partial charge in [-0.05, 0) is 44.9 Å². The molecule has 2 fully saturated rings. The molecule has 2 rings (SSSR count). The van der Waals surface area contributed by atoms with E-state index in [0.717, 1.165) is 71.6 Å². The fourth-order valence-electron chi connectivity index (χ4n) is 3.09. The van der Waals surface area contributed by atoms with Gasteiger partial charge in [-0.15, -0.1) is 6.58 Å². The lowest BCUT2D eigenvalue weighted by Gasteiger charge is -2.28. The van der Waals surface area contributed by atoms with E-state index < -0.39 is 0 Å². The lowest BCUT2D eigenvalue weighted by Crippen LogP contribution is -2.31. The molecule has 0 aromatic rings. The first-order valence-corrected chi connectivity index (χ1v) is 10.5. The van der Waals surface area contributed by atoms with E-state index in [9.17, 15) is 0 Å². The molecule has 2 aliphatic heterocycles. The first-order valence-electron chi connectivity index (χ1n) is 10.5. The van der Waals surface area contributed by atoms with Crippen molar-refractivity contribution in [3.63, 3.8) is 0 Å².